The topological polar surface area (TPSA) is 61.6 Å². The van der Waals surface area contributed by atoms with E-state index in [0.717, 1.165) is 45.7 Å². The molecule has 1 heterocycles. The second-order valence-electron chi connectivity index (χ2n) is 5.33. The molecule has 1 saturated heterocycles. The standard InChI is InChI=1S/C14H30N4O/c1-4-8-16-13(14(15)19)11-17-9-7-12(10-17)18(5-2)6-3/h12-13,16H,4-11H2,1-3H3,(H2,15,19). The summed E-state index contributed by atoms with van der Waals surface area (Å²) in [6.45, 7) is 12.4. The highest BCUT2D eigenvalue weighted by atomic mass is 16.1. The molecule has 0 bridgehead atoms. The van der Waals surface area contributed by atoms with Crippen molar-refractivity contribution in [3.63, 3.8) is 0 Å². The van der Waals surface area contributed by atoms with Gasteiger partial charge < -0.3 is 11.1 Å². The summed E-state index contributed by atoms with van der Waals surface area (Å²) >= 11 is 0. The number of nitrogens with one attached hydrogen (secondary N) is 1. The van der Waals surface area contributed by atoms with Gasteiger partial charge in [-0.3, -0.25) is 14.6 Å². The predicted octanol–water partition coefficient (Wildman–Crippen LogP) is 0.256. The molecule has 19 heavy (non-hydrogen) atoms. The lowest BCUT2D eigenvalue weighted by Gasteiger charge is -2.27. The number of likely N-dealkylation sites (N-methyl/N-ethyl adjacent to an activating group) is 1. The quantitative estimate of drug-likeness (QED) is 0.631. The van der Waals surface area contributed by atoms with E-state index in [9.17, 15) is 4.79 Å². The monoisotopic (exact) mass is 270 g/mol. The molecule has 0 aromatic carbocycles. The van der Waals surface area contributed by atoms with Crippen molar-refractivity contribution >= 4 is 5.91 Å². The van der Waals surface area contributed by atoms with Crippen molar-refractivity contribution in [3.8, 4) is 0 Å². The maximum Gasteiger partial charge on any atom is 0.235 e. The third kappa shape index (κ3) is 5.09. The van der Waals surface area contributed by atoms with E-state index in [1.165, 1.54) is 6.42 Å². The maximum atomic E-state index is 11.4. The van der Waals surface area contributed by atoms with Crippen molar-refractivity contribution < 1.29 is 4.79 Å². The molecule has 3 N–H and O–H groups in total. The lowest BCUT2D eigenvalue weighted by atomic mass is 10.2. The van der Waals surface area contributed by atoms with Crippen LogP contribution in [0.15, 0.2) is 0 Å². The molecule has 1 aliphatic heterocycles. The molecule has 5 nitrogen and oxygen atoms in total. The van der Waals surface area contributed by atoms with E-state index in [1.807, 2.05) is 0 Å². The number of hydrogen-bond acceptors (Lipinski definition) is 4. The number of likely N-dealkylation sites (tertiary alicyclic amines) is 1. The molecule has 1 aliphatic rings. The molecule has 5 heteroatoms. The molecule has 1 fully saturated rings. The number of rotatable bonds is 9. The first-order valence-corrected chi connectivity index (χ1v) is 7.61. The van der Waals surface area contributed by atoms with Crippen molar-refractivity contribution in [2.24, 2.45) is 5.73 Å². The fourth-order valence-electron chi connectivity index (χ4n) is 2.85. The summed E-state index contributed by atoms with van der Waals surface area (Å²) in [5.41, 5.74) is 5.46. The van der Waals surface area contributed by atoms with Crippen LogP contribution in [0.1, 0.15) is 33.6 Å². The van der Waals surface area contributed by atoms with Crippen LogP contribution in [0.3, 0.4) is 0 Å². The fraction of sp³-hybridized carbons (Fsp3) is 0.929. The Labute approximate surface area is 117 Å². The van der Waals surface area contributed by atoms with Crippen LogP contribution in [-0.2, 0) is 4.79 Å². The molecule has 0 saturated carbocycles. The average Bonchev–Trinajstić information content (AvgIpc) is 2.84. The summed E-state index contributed by atoms with van der Waals surface area (Å²) in [5.74, 6) is -0.236. The summed E-state index contributed by atoms with van der Waals surface area (Å²) in [7, 11) is 0. The van der Waals surface area contributed by atoms with Crippen molar-refractivity contribution in [2.75, 3.05) is 39.3 Å². The lowest BCUT2D eigenvalue weighted by Crippen LogP contribution is -2.49. The minimum Gasteiger partial charge on any atom is -0.368 e. The van der Waals surface area contributed by atoms with E-state index in [0.29, 0.717) is 6.04 Å². The largest absolute Gasteiger partial charge is 0.368 e. The summed E-state index contributed by atoms with van der Waals surface area (Å²) in [5, 5.41) is 3.24. The Kier molecular flexibility index (Phi) is 7.34. The zero-order chi connectivity index (χ0) is 14.3. The third-order valence-electron chi connectivity index (χ3n) is 4.00. The summed E-state index contributed by atoms with van der Waals surface area (Å²) in [6, 6.07) is 0.421. The summed E-state index contributed by atoms with van der Waals surface area (Å²) in [6.07, 6.45) is 2.22. The molecule has 0 aromatic rings. The van der Waals surface area contributed by atoms with Crippen molar-refractivity contribution in [3.05, 3.63) is 0 Å². The van der Waals surface area contributed by atoms with Gasteiger partial charge in [0, 0.05) is 19.1 Å². The molecular formula is C14H30N4O. The molecule has 0 aliphatic carbocycles. The highest BCUT2D eigenvalue weighted by molar-refractivity contribution is 5.80. The van der Waals surface area contributed by atoms with Gasteiger partial charge in [-0.25, -0.2) is 0 Å². The number of nitrogens with two attached hydrogens (primary N) is 1. The Morgan fingerprint density at radius 3 is 2.63 bits per heavy atom. The van der Waals surface area contributed by atoms with E-state index in [2.05, 4.69) is 35.9 Å². The Bertz CT molecular complexity index is 268. The van der Waals surface area contributed by atoms with Gasteiger partial charge >= 0.3 is 0 Å². The first-order valence-electron chi connectivity index (χ1n) is 7.61. The van der Waals surface area contributed by atoms with E-state index >= 15 is 0 Å². The van der Waals surface area contributed by atoms with Crippen LogP contribution in [-0.4, -0.2) is 67.1 Å². The average molecular weight is 270 g/mol. The normalized spacial score (nSPS) is 22.0. The molecule has 0 aromatic heterocycles. The van der Waals surface area contributed by atoms with Crippen LogP contribution >= 0.6 is 0 Å². The molecule has 2 atom stereocenters. The van der Waals surface area contributed by atoms with Gasteiger partial charge in [0.25, 0.3) is 0 Å². The Morgan fingerprint density at radius 2 is 2.11 bits per heavy atom. The van der Waals surface area contributed by atoms with E-state index in [4.69, 9.17) is 5.73 Å². The Balaban J connectivity index is 2.42. The number of primary amides is 1. The first kappa shape index (κ1) is 16.4. The molecular weight excluding hydrogens is 240 g/mol. The van der Waals surface area contributed by atoms with Crippen LogP contribution in [0, 0.1) is 0 Å². The molecule has 0 spiro atoms. The molecule has 112 valence electrons. The molecule has 1 amide bonds. The molecule has 2 unspecified atom stereocenters. The zero-order valence-corrected chi connectivity index (χ0v) is 12.7. The van der Waals surface area contributed by atoms with Crippen molar-refractivity contribution in [1.29, 1.82) is 0 Å². The lowest BCUT2D eigenvalue weighted by molar-refractivity contribution is -0.120. The van der Waals surface area contributed by atoms with Crippen LogP contribution < -0.4 is 11.1 Å². The number of carbonyl (C=O) groups is 1. The van der Waals surface area contributed by atoms with Crippen LogP contribution in [0.4, 0.5) is 0 Å². The van der Waals surface area contributed by atoms with Gasteiger partial charge in [0.2, 0.25) is 5.91 Å². The van der Waals surface area contributed by atoms with E-state index in [-0.39, 0.29) is 11.9 Å². The van der Waals surface area contributed by atoms with E-state index in [1.54, 1.807) is 0 Å². The van der Waals surface area contributed by atoms with Crippen LogP contribution in [0.25, 0.3) is 0 Å². The number of carbonyl (C=O) groups excluding carboxylic acids is 1. The van der Waals surface area contributed by atoms with Crippen molar-refractivity contribution in [2.45, 2.75) is 45.7 Å². The van der Waals surface area contributed by atoms with Gasteiger partial charge in [-0.2, -0.15) is 0 Å². The fourth-order valence-corrected chi connectivity index (χ4v) is 2.85. The van der Waals surface area contributed by atoms with Gasteiger partial charge in [0.15, 0.2) is 0 Å². The zero-order valence-electron chi connectivity index (χ0n) is 12.7. The number of amides is 1. The minimum atomic E-state index is -0.236. The van der Waals surface area contributed by atoms with Gasteiger partial charge in [-0.1, -0.05) is 20.8 Å². The highest BCUT2D eigenvalue weighted by Gasteiger charge is 2.28. The second-order valence-corrected chi connectivity index (χ2v) is 5.33. The number of nitrogens with zero attached hydrogens (tertiary/aromatic N) is 2. The van der Waals surface area contributed by atoms with E-state index < -0.39 is 0 Å². The van der Waals surface area contributed by atoms with Gasteiger partial charge in [-0.05, 0) is 39.0 Å². The molecule has 1 rings (SSSR count). The van der Waals surface area contributed by atoms with Gasteiger partial charge in [0.1, 0.15) is 0 Å². The Morgan fingerprint density at radius 1 is 1.42 bits per heavy atom. The summed E-state index contributed by atoms with van der Waals surface area (Å²) < 4.78 is 0. The van der Waals surface area contributed by atoms with Gasteiger partial charge in [-0.15, -0.1) is 0 Å². The van der Waals surface area contributed by atoms with Crippen LogP contribution in [0.5, 0.6) is 0 Å². The number of hydrogen-bond donors (Lipinski definition) is 2. The predicted molar refractivity (Wildman–Crippen MR) is 79.0 cm³/mol. The first-order chi connectivity index (χ1) is 9.12. The highest BCUT2D eigenvalue weighted by Crippen LogP contribution is 2.15. The molecule has 0 radical (unpaired) electrons. The maximum absolute atomic E-state index is 11.4. The third-order valence-corrected chi connectivity index (χ3v) is 4.00. The second kappa shape index (κ2) is 8.51. The minimum absolute atomic E-state index is 0.213. The Hall–Kier alpha value is -0.650. The van der Waals surface area contributed by atoms with Crippen molar-refractivity contribution in [1.82, 2.24) is 15.1 Å². The van der Waals surface area contributed by atoms with Gasteiger partial charge in [0.05, 0.1) is 6.04 Å². The smallest absolute Gasteiger partial charge is 0.235 e. The van der Waals surface area contributed by atoms with Crippen LogP contribution in [0.2, 0.25) is 0 Å². The SMILES string of the molecule is CCCNC(CN1CCC(N(CC)CC)C1)C(N)=O. The summed E-state index contributed by atoms with van der Waals surface area (Å²) in [4.78, 5) is 16.3.